The first-order valence-electron chi connectivity index (χ1n) is 9.68. The Kier molecular flexibility index (Phi) is 5.18. The van der Waals surface area contributed by atoms with Gasteiger partial charge in [0.05, 0.1) is 5.69 Å². The molecule has 0 unspecified atom stereocenters. The van der Waals surface area contributed by atoms with E-state index in [0.29, 0.717) is 12.0 Å². The third-order valence-electron chi connectivity index (χ3n) is 6.01. The molecule has 25 heavy (non-hydrogen) atoms. The highest BCUT2D eigenvalue weighted by molar-refractivity contribution is 5.16. The second-order valence-electron chi connectivity index (χ2n) is 7.62. The molecule has 2 aliphatic rings. The van der Waals surface area contributed by atoms with Crippen LogP contribution in [0.5, 0.6) is 0 Å². The molecule has 4 atom stereocenters. The normalized spacial score (nSPS) is 29.3. The van der Waals surface area contributed by atoms with Crippen LogP contribution in [0.15, 0.2) is 42.6 Å². The van der Waals surface area contributed by atoms with Crippen LogP contribution in [0, 0.1) is 11.8 Å². The highest BCUT2D eigenvalue weighted by Gasteiger charge is 2.33. The Morgan fingerprint density at radius 1 is 1.12 bits per heavy atom. The van der Waals surface area contributed by atoms with Crippen molar-refractivity contribution in [2.75, 3.05) is 13.2 Å². The van der Waals surface area contributed by atoms with Gasteiger partial charge in [0.25, 0.3) is 0 Å². The highest BCUT2D eigenvalue weighted by Crippen LogP contribution is 2.35. The summed E-state index contributed by atoms with van der Waals surface area (Å²) in [6, 6.07) is 13.7. The number of hydrogen-bond acceptors (Lipinski definition) is 3. The van der Waals surface area contributed by atoms with Gasteiger partial charge in [0.2, 0.25) is 0 Å². The van der Waals surface area contributed by atoms with Gasteiger partial charge in [0, 0.05) is 38.4 Å². The zero-order chi connectivity index (χ0) is 17.1. The smallest absolute Gasteiger partial charge is 0.103 e. The Balaban J connectivity index is 1.34. The van der Waals surface area contributed by atoms with E-state index in [-0.39, 0.29) is 6.10 Å². The Hall–Kier alpha value is -1.65. The van der Waals surface area contributed by atoms with Gasteiger partial charge >= 0.3 is 0 Å². The SMILES string of the molecule is Cn1nccc1[C@@H]1OCC[C@H]1CN[C@H]1CCC[C@@H]1Cc1ccccc1. The quantitative estimate of drug-likeness (QED) is 0.875. The molecule has 4 nitrogen and oxygen atoms in total. The molecule has 1 aromatic heterocycles. The molecule has 4 rings (SSSR count). The fourth-order valence-electron chi connectivity index (χ4n) is 4.60. The predicted molar refractivity (Wildman–Crippen MR) is 99.3 cm³/mol. The summed E-state index contributed by atoms with van der Waals surface area (Å²) in [5, 5.41) is 8.20. The molecule has 1 saturated carbocycles. The minimum Gasteiger partial charge on any atom is -0.372 e. The van der Waals surface area contributed by atoms with Crippen molar-refractivity contribution in [1.82, 2.24) is 15.1 Å². The summed E-state index contributed by atoms with van der Waals surface area (Å²) in [7, 11) is 2.01. The molecule has 2 fully saturated rings. The lowest BCUT2D eigenvalue weighted by Crippen LogP contribution is -2.37. The standard InChI is InChI=1S/C21H29N3O/c1-24-20(10-12-23-24)21-18(11-13-25-21)15-22-19-9-5-8-17(19)14-16-6-3-2-4-7-16/h2-4,6-7,10,12,17-19,21-22H,5,8-9,11,13-15H2,1H3/t17-,18+,19+,21-/m1/s1. The van der Waals surface area contributed by atoms with Crippen molar-refractivity contribution >= 4 is 0 Å². The molecule has 1 aromatic carbocycles. The van der Waals surface area contributed by atoms with Gasteiger partial charge in [-0.1, -0.05) is 36.8 Å². The van der Waals surface area contributed by atoms with Gasteiger partial charge in [-0.25, -0.2) is 0 Å². The molecular formula is C21H29N3O. The maximum Gasteiger partial charge on any atom is 0.103 e. The molecular weight excluding hydrogens is 310 g/mol. The molecule has 1 saturated heterocycles. The van der Waals surface area contributed by atoms with Crippen LogP contribution in [0.3, 0.4) is 0 Å². The van der Waals surface area contributed by atoms with E-state index in [9.17, 15) is 0 Å². The Labute approximate surface area is 150 Å². The predicted octanol–water partition coefficient (Wildman–Crippen LogP) is 3.50. The number of nitrogens with one attached hydrogen (secondary N) is 1. The third-order valence-corrected chi connectivity index (χ3v) is 6.01. The van der Waals surface area contributed by atoms with Crippen molar-refractivity contribution in [1.29, 1.82) is 0 Å². The Morgan fingerprint density at radius 2 is 2.00 bits per heavy atom. The largest absolute Gasteiger partial charge is 0.372 e. The van der Waals surface area contributed by atoms with Crippen LogP contribution in [0.4, 0.5) is 0 Å². The summed E-state index contributed by atoms with van der Waals surface area (Å²) < 4.78 is 7.98. The van der Waals surface area contributed by atoms with E-state index in [1.807, 2.05) is 17.9 Å². The van der Waals surface area contributed by atoms with E-state index < -0.39 is 0 Å². The zero-order valence-electron chi connectivity index (χ0n) is 15.1. The van der Waals surface area contributed by atoms with Crippen molar-refractivity contribution in [3.8, 4) is 0 Å². The van der Waals surface area contributed by atoms with Crippen LogP contribution in [0.25, 0.3) is 0 Å². The number of nitrogens with zero attached hydrogens (tertiary/aromatic N) is 2. The van der Waals surface area contributed by atoms with Crippen molar-refractivity contribution in [3.63, 3.8) is 0 Å². The summed E-state index contributed by atoms with van der Waals surface area (Å²) in [4.78, 5) is 0. The van der Waals surface area contributed by atoms with Crippen molar-refractivity contribution in [2.24, 2.45) is 18.9 Å². The van der Waals surface area contributed by atoms with Gasteiger partial charge in [-0.2, -0.15) is 5.10 Å². The van der Waals surface area contributed by atoms with Crippen LogP contribution in [-0.2, 0) is 18.2 Å². The number of aromatic nitrogens is 2. The van der Waals surface area contributed by atoms with Gasteiger partial charge in [0.1, 0.15) is 6.10 Å². The van der Waals surface area contributed by atoms with E-state index in [1.165, 1.54) is 36.9 Å². The van der Waals surface area contributed by atoms with Gasteiger partial charge in [0.15, 0.2) is 0 Å². The minimum absolute atomic E-state index is 0.189. The van der Waals surface area contributed by atoms with Gasteiger partial charge in [-0.15, -0.1) is 0 Å². The monoisotopic (exact) mass is 339 g/mol. The molecule has 1 aliphatic carbocycles. The highest BCUT2D eigenvalue weighted by atomic mass is 16.5. The topological polar surface area (TPSA) is 39.1 Å². The first kappa shape index (κ1) is 16.8. The minimum atomic E-state index is 0.189. The van der Waals surface area contributed by atoms with E-state index >= 15 is 0 Å². The summed E-state index contributed by atoms with van der Waals surface area (Å²) in [6.07, 6.45) is 8.40. The summed E-state index contributed by atoms with van der Waals surface area (Å²) in [5.74, 6) is 1.31. The number of ether oxygens (including phenoxy) is 1. The van der Waals surface area contributed by atoms with Gasteiger partial charge in [-0.3, -0.25) is 4.68 Å². The average Bonchev–Trinajstić information content (AvgIpc) is 3.35. The summed E-state index contributed by atoms with van der Waals surface area (Å²) >= 11 is 0. The number of aryl methyl sites for hydroxylation is 1. The molecule has 0 bridgehead atoms. The Morgan fingerprint density at radius 3 is 2.80 bits per heavy atom. The average molecular weight is 339 g/mol. The van der Waals surface area contributed by atoms with Crippen molar-refractivity contribution in [3.05, 3.63) is 53.9 Å². The first-order chi connectivity index (χ1) is 12.3. The second-order valence-corrected chi connectivity index (χ2v) is 7.62. The van der Waals surface area contributed by atoms with Crippen LogP contribution < -0.4 is 5.32 Å². The number of benzene rings is 1. The van der Waals surface area contributed by atoms with Gasteiger partial charge in [-0.05, 0) is 43.2 Å². The molecule has 2 heterocycles. The summed E-state index contributed by atoms with van der Waals surface area (Å²) in [6.45, 7) is 1.91. The second kappa shape index (κ2) is 7.71. The maximum absolute atomic E-state index is 6.03. The molecule has 2 aromatic rings. The van der Waals surface area contributed by atoms with Crippen LogP contribution in [-0.4, -0.2) is 29.0 Å². The molecule has 0 amide bonds. The van der Waals surface area contributed by atoms with E-state index in [0.717, 1.165) is 25.5 Å². The fourth-order valence-corrected chi connectivity index (χ4v) is 4.60. The molecule has 1 aliphatic heterocycles. The van der Waals surface area contributed by atoms with Crippen molar-refractivity contribution in [2.45, 2.75) is 44.2 Å². The molecule has 1 N–H and O–H groups in total. The number of rotatable bonds is 6. The van der Waals surface area contributed by atoms with Gasteiger partial charge < -0.3 is 10.1 Å². The molecule has 0 spiro atoms. The lowest BCUT2D eigenvalue weighted by molar-refractivity contribution is 0.0827. The third kappa shape index (κ3) is 3.80. The van der Waals surface area contributed by atoms with E-state index in [2.05, 4.69) is 46.8 Å². The first-order valence-corrected chi connectivity index (χ1v) is 9.68. The maximum atomic E-state index is 6.03. The molecule has 134 valence electrons. The number of hydrogen-bond donors (Lipinski definition) is 1. The van der Waals surface area contributed by atoms with Crippen molar-refractivity contribution < 1.29 is 4.74 Å². The molecule has 4 heteroatoms. The van der Waals surface area contributed by atoms with E-state index in [1.54, 1.807) is 0 Å². The van der Waals surface area contributed by atoms with E-state index in [4.69, 9.17) is 4.74 Å². The summed E-state index contributed by atoms with van der Waals surface area (Å²) in [5.41, 5.74) is 2.68. The lowest BCUT2D eigenvalue weighted by atomic mass is 9.93. The van der Waals surface area contributed by atoms with Crippen LogP contribution >= 0.6 is 0 Å². The Bertz CT molecular complexity index is 669. The molecule has 0 radical (unpaired) electrons. The van der Waals surface area contributed by atoms with Crippen LogP contribution in [0.2, 0.25) is 0 Å². The fraction of sp³-hybridized carbons (Fsp3) is 0.571. The zero-order valence-corrected chi connectivity index (χ0v) is 15.1. The van der Waals surface area contributed by atoms with Crippen LogP contribution in [0.1, 0.15) is 43.0 Å². The lowest BCUT2D eigenvalue weighted by Gasteiger charge is -2.25.